The van der Waals surface area contributed by atoms with E-state index in [-0.39, 0.29) is 0 Å². The molecule has 0 saturated heterocycles. The first-order valence-electron chi connectivity index (χ1n) is 6.98. The van der Waals surface area contributed by atoms with Gasteiger partial charge in [-0.3, -0.25) is 0 Å². The fourth-order valence-corrected chi connectivity index (χ4v) is 2.61. The molecule has 0 atom stereocenters. The summed E-state index contributed by atoms with van der Waals surface area (Å²) in [6.07, 6.45) is 7.27. The second-order valence-electron chi connectivity index (χ2n) is 5.49. The first kappa shape index (κ1) is 13.4. The molecule has 2 rings (SSSR count). The van der Waals surface area contributed by atoms with Crippen molar-refractivity contribution in [2.75, 3.05) is 19.0 Å². The predicted molar refractivity (Wildman–Crippen MR) is 73.9 cm³/mol. The molecule has 0 aliphatic heterocycles. The summed E-state index contributed by atoms with van der Waals surface area (Å²) < 4.78 is 7.30. The summed E-state index contributed by atoms with van der Waals surface area (Å²) in [5, 5.41) is 3.60. The largest absolute Gasteiger partial charge is 0.383 e. The topological polar surface area (TPSA) is 39.1 Å². The number of aromatic nitrogens is 2. The zero-order chi connectivity index (χ0) is 13.0. The summed E-state index contributed by atoms with van der Waals surface area (Å²) in [4.78, 5) is 4.57. The van der Waals surface area contributed by atoms with E-state index in [1.807, 2.05) is 6.92 Å². The standard InChI is InChI=1S/C14H25N3O/c1-11-4-6-13(7-5-11)16-14-15-12(2)10-17(14)8-9-18-3/h10-11,13H,4-9H2,1-3H3,(H,15,16). The van der Waals surface area contributed by atoms with Gasteiger partial charge in [-0.25, -0.2) is 4.98 Å². The number of nitrogens with zero attached hydrogens (tertiary/aromatic N) is 2. The van der Waals surface area contributed by atoms with E-state index in [0.717, 1.165) is 30.7 Å². The fourth-order valence-electron chi connectivity index (χ4n) is 2.61. The Balaban J connectivity index is 1.95. The van der Waals surface area contributed by atoms with Crippen LogP contribution in [0.2, 0.25) is 0 Å². The monoisotopic (exact) mass is 251 g/mol. The molecular formula is C14H25N3O. The molecule has 1 aromatic heterocycles. The van der Waals surface area contributed by atoms with Gasteiger partial charge in [0, 0.05) is 25.9 Å². The van der Waals surface area contributed by atoms with Crippen molar-refractivity contribution in [3.05, 3.63) is 11.9 Å². The summed E-state index contributed by atoms with van der Waals surface area (Å²) in [6, 6.07) is 0.587. The number of aryl methyl sites for hydroxylation is 1. The van der Waals surface area contributed by atoms with Gasteiger partial charge in [-0.15, -0.1) is 0 Å². The number of anilines is 1. The summed E-state index contributed by atoms with van der Waals surface area (Å²) in [5.41, 5.74) is 1.07. The van der Waals surface area contributed by atoms with Gasteiger partial charge >= 0.3 is 0 Å². The van der Waals surface area contributed by atoms with E-state index >= 15 is 0 Å². The van der Waals surface area contributed by atoms with Crippen molar-refractivity contribution in [2.45, 2.75) is 52.1 Å². The maximum Gasteiger partial charge on any atom is 0.203 e. The van der Waals surface area contributed by atoms with Crippen molar-refractivity contribution in [3.8, 4) is 0 Å². The Morgan fingerprint density at radius 1 is 1.39 bits per heavy atom. The third-order valence-corrected chi connectivity index (χ3v) is 3.78. The Labute approximate surface area is 110 Å². The molecule has 1 N–H and O–H groups in total. The highest BCUT2D eigenvalue weighted by molar-refractivity contribution is 5.30. The lowest BCUT2D eigenvalue weighted by Crippen LogP contribution is -2.27. The molecule has 1 saturated carbocycles. The quantitative estimate of drug-likeness (QED) is 0.874. The molecule has 1 fully saturated rings. The molecular weight excluding hydrogens is 226 g/mol. The average Bonchev–Trinajstić information content (AvgIpc) is 2.70. The highest BCUT2D eigenvalue weighted by Crippen LogP contribution is 2.25. The van der Waals surface area contributed by atoms with Gasteiger partial charge in [-0.05, 0) is 38.5 Å². The minimum Gasteiger partial charge on any atom is -0.383 e. The van der Waals surface area contributed by atoms with Gasteiger partial charge in [0.2, 0.25) is 5.95 Å². The van der Waals surface area contributed by atoms with Crippen LogP contribution in [-0.4, -0.2) is 29.3 Å². The van der Waals surface area contributed by atoms with Crippen LogP contribution in [-0.2, 0) is 11.3 Å². The third kappa shape index (κ3) is 3.48. The van der Waals surface area contributed by atoms with Crippen molar-refractivity contribution in [3.63, 3.8) is 0 Å². The van der Waals surface area contributed by atoms with Crippen LogP contribution in [0.1, 0.15) is 38.3 Å². The first-order chi connectivity index (χ1) is 8.69. The van der Waals surface area contributed by atoms with Crippen molar-refractivity contribution in [1.29, 1.82) is 0 Å². The Kier molecular flexibility index (Phi) is 4.64. The molecule has 1 aliphatic carbocycles. The number of hydrogen-bond donors (Lipinski definition) is 1. The normalized spacial score (nSPS) is 24.2. The number of hydrogen-bond acceptors (Lipinski definition) is 3. The van der Waals surface area contributed by atoms with Gasteiger partial charge in [0.1, 0.15) is 0 Å². The van der Waals surface area contributed by atoms with Gasteiger partial charge in [-0.1, -0.05) is 6.92 Å². The SMILES string of the molecule is COCCn1cc(C)nc1NC1CCC(C)CC1. The van der Waals surface area contributed by atoms with Crippen molar-refractivity contribution in [1.82, 2.24) is 9.55 Å². The number of ether oxygens (including phenoxy) is 1. The lowest BCUT2D eigenvalue weighted by atomic mass is 9.87. The number of methoxy groups -OCH3 is 1. The van der Waals surface area contributed by atoms with Crippen LogP contribution in [0.4, 0.5) is 5.95 Å². The zero-order valence-corrected chi connectivity index (χ0v) is 11.8. The molecule has 0 unspecified atom stereocenters. The second kappa shape index (κ2) is 6.23. The fraction of sp³-hybridized carbons (Fsp3) is 0.786. The van der Waals surface area contributed by atoms with Crippen molar-refractivity contribution in [2.24, 2.45) is 5.92 Å². The highest BCUT2D eigenvalue weighted by Gasteiger charge is 2.19. The highest BCUT2D eigenvalue weighted by atomic mass is 16.5. The minimum absolute atomic E-state index is 0.587. The lowest BCUT2D eigenvalue weighted by molar-refractivity contribution is 0.187. The maximum atomic E-state index is 5.14. The third-order valence-electron chi connectivity index (χ3n) is 3.78. The first-order valence-corrected chi connectivity index (χ1v) is 6.98. The second-order valence-corrected chi connectivity index (χ2v) is 5.49. The van der Waals surface area contributed by atoms with Gasteiger partial charge in [-0.2, -0.15) is 0 Å². The summed E-state index contributed by atoms with van der Waals surface area (Å²) in [7, 11) is 1.74. The maximum absolute atomic E-state index is 5.14. The molecule has 0 spiro atoms. The predicted octanol–water partition coefficient (Wildman–Crippen LogP) is 2.83. The molecule has 4 nitrogen and oxygen atoms in total. The van der Waals surface area contributed by atoms with Crippen LogP contribution in [0.3, 0.4) is 0 Å². The molecule has 0 radical (unpaired) electrons. The molecule has 102 valence electrons. The molecule has 0 bridgehead atoms. The van der Waals surface area contributed by atoms with Crippen LogP contribution in [0.5, 0.6) is 0 Å². The molecule has 4 heteroatoms. The lowest BCUT2D eigenvalue weighted by Gasteiger charge is -2.27. The Morgan fingerprint density at radius 2 is 2.11 bits per heavy atom. The molecule has 0 aromatic carbocycles. The van der Waals surface area contributed by atoms with Gasteiger partial charge in [0.15, 0.2) is 0 Å². The molecule has 0 amide bonds. The Hall–Kier alpha value is -1.03. The average molecular weight is 251 g/mol. The van der Waals surface area contributed by atoms with Crippen LogP contribution >= 0.6 is 0 Å². The minimum atomic E-state index is 0.587. The summed E-state index contributed by atoms with van der Waals surface area (Å²) >= 11 is 0. The smallest absolute Gasteiger partial charge is 0.203 e. The van der Waals surface area contributed by atoms with E-state index in [9.17, 15) is 0 Å². The van der Waals surface area contributed by atoms with E-state index in [0.29, 0.717) is 6.04 Å². The summed E-state index contributed by atoms with van der Waals surface area (Å²) in [5.74, 6) is 1.89. The Morgan fingerprint density at radius 3 is 2.78 bits per heavy atom. The molecule has 18 heavy (non-hydrogen) atoms. The van der Waals surface area contributed by atoms with Crippen LogP contribution < -0.4 is 5.32 Å². The zero-order valence-electron chi connectivity index (χ0n) is 11.8. The Bertz CT molecular complexity index is 367. The van der Waals surface area contributed by atoms with E-state index in [1.165, 1.54) is 25.7 Å². The number of rotatable bonds is 5. The van der Waals surface area contributed by atoms with E-state index in [1.54, 1.807) is 7.11 Å². The molecule has 1 aromatic rings. The number of imidazole rings is 1. The molecule has 1 aliphatic rings. The number of nitrogens with one attached hydrogen (secondary N) is 1. The summed E-state index contributed by atoms with van der Waals surface area (Å²) in [6.45, 7) is 5.98. The molecule has 1 heterocycles. The van der Waals surface area contributed by atoms with Gasteiger partial charge in [0.05, 0.1) is 12.3 Å². The van der Waals surface area contributed by atoms with E-state index < -0.39 is 0 Å². The van der Waals surface area contributed by atoms with Crippen LogP contribution in [0.15, 0.2) is 6.20 Å². The van der Waals surface area contributed by atoms with Crippen molar-refractivity contribution < 1.29 is 4.74 Å². The van der Waals surface area contributed by atoms with Crippen LogP contribution in [0, 0.1) is 12.8 Å². The van der Waals surface area contributed by atoms with Crippen LogP contribution in [0.25, 0.3) is 0 Å². The van der Waals surface area contributed by atoms with Gasteiger partial charge < -0.3 is 14.6 Å². The van der Waals surface area contributed by atoms with Gasteiger partial charge in [0.25, 0.3) is 0 Å². The van der Waals surface area contributed by atoms with Crippen molar-refractivity contribution >= 4 is 5.95 Å². The van der Waals surface area contributed by atoms with E-state index in [2.05, 4.69) is 28.0 Å². The van der Waals surface area contributed by atoms with E-state index in [4.69, 9.17) is 4.74 Å².